The van der Waals surface area contributed by atoms with E-state index in [1.165, 1.54) is 6.33 Å². The SMILES string of the molecule is Cc1cc(NC2(C(=O)O)CCCCCC2)n2ncnc2c1. The molecule has 0 amide bonds. The molecule has 2 aromatic rings. The number of carbonyl (C=O) groups is 1. The number of hydrogen-bond donors (Lipinski definition) is 2. The molecule has 1 aliphatic rings. The third-order valence-electron chi connectivity index (χ3n) is 4.26. The number of carboxylic acids is 1. The van der Waals surface area contributed by atoms with E-state index < -0.39 is 11.5 Å². The van der Waals surface area contributed by atoms with Crippen molar-refractivity contribution in [1.29, 1.82) is 0 Å². The maximum Gasteiger partial charge on any atom is 0.329 e. The zero-order valence-corrected chi connectivity index (χ0v) is 12.2. The standard InChI is InChI=1S/C15H20N4O2/c1-11-8-12-16-10-17-19(12)13(9-11)18-15(14(20)21)6-4-2-3-5-7-15/h8-10,18H,2-7H2,1H3,(H,20,21). The van der Waals surface area contributed by atoms with E-state index in [1.807, 2.05) is 19.1 Å². The van der Waals surface area contributed by atoms with Crippen molar-refractivity contribution in [3.8, 4) is 0 Å². The van der Waals surface area contributed by atoms with Gasteiger partial charge in [0, 0.05) is 0 Å². The van der Waals surface area contributed by atoms with Crippen molar-refractivity contribution in [2.24, 2.45) is 0 Å². The van der Waals surface area contributed by atoms with E-state index in [0.717, 1.165) is 36.9 Å². The summed E-state index contributed by atoms with van der Waals surface area (Å²) in [6.45, 7) is 1.97. The van der Waals surface area contributed by atoms with Crippen LogP contribution in [0.1, 0.15) is 44.1 Å². The summed E-state index contributed by atoms with van der Waals surface area (Å²) in [5, 5.41) is 17.2. The maximum absolute atomic E-state index is 11.9. The molecule has 112 valence electrons. The first-order valence-electron chi connectivity index (χ1n) is 7.43. The van der Waals surface area contributed by atoms with Gasteiger partial charge in [-0.2, -0.15) is 9.61 Å². The summed E-state index contributed by atoms with van der Waals surface area (Å²) in [6, 6.07) is 3.86. The van der Waals surface area contributed by atoms with Crippen molar-refractivity contribution in [3.63, 3.8) is 0 Å². The van der Waals surface area contributed by atoms with Gasteiger partial charge in [0.15, 0.2) is 5.65 Å². The average molecular weight is 288 g/mol. The molecule has 1 fully saturated rings. The van der Waals surface area contributed by atoms with Crippen LogP contribution in [0, 0.1) is 6.92 Å². The normalized spacial score (nSPS) is 18.3. The zero-order chi connectivity index (χ0) is 14.9. The number of aromatic nitrogens is 3. The molecule has 2 aromatic heterocycles. The molecule has 1 saturated carbocycles. The predicted octanol–water partition coefficient (Wildman–Crippen LogP) is 2.63. The Morgan fingerprint density at radius 3 is 2.67 bits per heavy atom. The van der Waals surface area contributed by atoms with Crippen molar-refractivity contribution in [1.82, 2.24) is 14.6 Å². The minimum Gasteiger partial charge on any atom is -0.480 e. The number of aryl methyl sites for hydroxylation is 1. The van der Waals surface area contributed by atoms with Crippen molar-refractivity contribution in [2.45, 2.75) is 51.0 Å². The van der Waals surface area contributed by atoms with E-state index in [2.05, 4.69) is 15.4 Å². The lowest BCUT2D eigenvalue weighted by Crippen LogP contribution is -2.46. The topological polar surface area (TPSA) is 79.5 Å². The Bertz CT molecular complexity index is 657. The fourth-order valence-electron chi connectivity index (χ4n) is 3.12. The van der Waals surface area contributed by atoms with E-state index in [1.54, 1.807) is 4.52 Å². The Hall–Kier alpha value is -2.11. The third-order valence-corrected chi connectivity index (χ3v) is 4.26. The molecule has 6 heteroatoms. The number of rotatable bonds is 3. The molecule has 0 atom stereocenters. The van der Waals surface area contributed by atoms with Gasteiger partial charge in [-0.3, -0.25) is 0 Å². The highest BCUT2D eigenvalue weighted by Crippen LogP contribution is 2.31. The highest BCUT2D eigenvalue weighted by molar-refractivity contribution is 5.82. The molecule has 3 rings (SSSR count). The second-order valence-electron chi connectivity index (χ2n) is 5.87. The average Bonchev–Trinajstić information content (AvgIpc) is 2.77. The number of anilines is 1. The van der Waals surface area contributed by atoms with E-state index in [9.17, 15) is 9.90 Å². The maximum atomic E-state index is 11.9. The summed E-state index contributed by atoms with van der Waals surface area (Å²) in [5.74, 6) is -0.0778. The van der Waals surface area contributed by atoms with Crippen molar-refractivity contribution in [2.75, 3.05) is 5.32 Å². The summed E-state index contributed by atoms with van der Waals surface area (Å²) >= 11 is 0. The van der Waals surface area contributed by atoms with Crippen molar-refractivity contribution < 1.29 is 9.90 Å². The van der Waals surface area contributed by atoms with Gasteiger partial charge in [-0.05, 0) is 37.5 Å². The van der Waals surface area contributed by atoms with Gasteiger partial charge in [-0.15, -0.1) is 0 Å². The lowest BCUT2D eigenvalue weighted by Gasteiger charge is -2.30. The van der Waals surface area contributed by atoms with Crippen LogP contribution in [0.2, 0.25) is 0 Å². The Kier molecular flexibility index (Phi) is 3.53. The highest BCUT2D eigenvalue weighted by atomic mass is 16.4. The quantitative estimate of drug-likeness (QED) is 0.849. The van der Waals surface area contributed by atoms with Gasteiger partial charge in [-0.25, -0.2) is 9.78 Å². The number of aliphatic carboxylic acids is 1. The Balaban J connectivity index is 2.01. The van der Waals surface area contributed by atoms with E-state index in [4.69, 9.17) is 0 Å². The number of hydrogen-bond acceptors (Lipinski definition) is 4. The number of carboxylic acid groups (broad SMARTS) is 1. The van der Waals surface area contributed by atoms with Crippen molar-refractivity contribution in [3.05, 3.63) is 24.0 Å². The van der Waals surface area contributed by atoms with E-state index in [0.29, 0.717) is 18.7 Å². The summed E-state index contributed by atoms with van der Waals surface area (Å²) in [4.78, 5) is 16.1. The number of pyridine rings is 1. The third kappa shape index (κ3) is 2.57. The fourth-order valence-corrected chi connectivity index (χ4v) is 3.12. The second-order valence-corrected chi connectivity index (χ2v) is 5.87. The largest absolute Gasteiger partial charge is 0.480 e. The molecule has 0 unspecified atom stereocenters. The predicted molar refractivity (Wildman–Crippen MR) is 79.4 cm³/mol. The molecule has 0 aromatic carbocycles. The molecule has 0 bridgehead atoms. The minimum atomic E-state index is -0.900. The summed E-state index contributed by atoms with van der Waals surface area (Å²) in [7, 11) is 0. The molecule has 2 N–H and O–H groups in total. The Labute approximate surface area is 123 Å². The lowest BCUT2D eigenvalue weighted by molar-refractivity contribution is -0.142. The number of fused-ring (bicyclic) bond motifs is 1. The second kappa shape index (κ2) is 5.35. The van der Waals surface area contributed by atoms with Gasteiger partial charge < -0.3 is 10.4 Å². The van der Waals surface area contributed by atoms with Crippen LogP contribution in [0.5, 0.6) is 0 Å². The van der Waals surface area contributed by atoms with Crippen LogP contribution < -0.4 is 5.32 Å². The summed E-state index contributed by atoms with van der Waals surface area (Å²) in [6.07, 6.45) is 6.85. The minimum absolute atomic E-state index is 0.645. The Morgan fingerprint density at radius 1 is 1.29 bits per heavy atom. The van der Waals surface area contributed by atoms with Crippen LogP contribution in [-0.2, 0) is 4.79 Å². The zero-order valence-electron chi connectivity index (χ0n) is 12.2. The molecule has 0 saturated heterocycles. The van der Waals surface area contributed by atoms with Gasteiger partial charge in [0.25, 0.3) is 0 Å². The summed E-state index contributed by atoms with van der Waals surface area (Å²) in [5.41, 5.74) is 0.863. The molecular formula is C15H20N4O2. The van der Waals surface area contributed by atoms with Crippen LogP contribution in [0.3, 0.4) is 0 Å². The van der Waals surface area contributed by atoms with Gasteiger partial charge in [0.05, 0.1) is 0 Å². The van der Waals surface area contributed by atoms with E-state index in [-0.39, 0.29) is 0 Å². The van der Waals surface area contributed by atoms with E-state index >= 15 is 0 Å². The smallest absolute Gasteiger partial charge is 0.329 e. The van der Waals surface area contributed by atoms with Gasteiger partial charge in [-0.1, -0.05) is 25.7 Å². The van der Waals surface area contributed by atoms with Gasteiger partial charge in [0.2, 0.25) is 0 Å². The van der Waals surface area contributed by atoms with Crippen LogP contribution in [0.25, 0.3) is 5.65 Å². The lowest BCUT2D eigenvalue weighted by atomic mass is 9.90. The molecule has 1 aliphatic carbocycles. The molecule has 0 spiro atoms. The van der Waals surface area contributed by atoms with Gasteiger partial charge >= 0.3 is 5.97 Å². The Morgan fingerprint density at radius 2 is 2.00 bits per heavy atom. The molecule has 0 radical (unpaired) electrons. The van der Waals surface area contributed by atoms with Crippen LogP contribution in [-0.4, -0.2) is 31.2 Å². The number of nitrogens with one attached hydrogen (secondary N) is 1. The molecule has 2 heterocycles. The fraction of sp³-hybridized carbons (Fsp3) is 0.533. The molecule has 21 heavy (non-hydrogen) atoms. The van der Waals surface area contributed by atoms with Crippen LogP contribution in [0.15, 0.2) is 18.5 Å². The molecular weight excluding hydrogens is 268 g/mol. The first-order valence-corrected chi connectivity index (χ1v) is 7.43. The monoisotopic (exact) mass is 288 g/mol. The van der Waals surface area contributed by atoms with Gasteiger partial charge in [0.1, 0.15) is 17.7 Å². The van der Waals surface area contributed by atoms with Crippen molar-refractivity contribution >= 4 is 17.4 Å². The van der Waals surface area contributed by atoms with Crippen LogP contribution >= 0.6 is 0 Å². The first-order chi connectivity index (χ1) is 10.1. The van der Waals surface area contributed by atoms with Crippen LogP contribution in [0.4, 0.5) is 5.82 Å². The first kappa shape index (κ1) is 13.9. The number of nitrogens with zero attached hydrogens (tertiary/aromatic N) is 3. The molecule has 0 aliphatic heterocycles. The highest BCUT2D eigenvalue weighted by Gasteiger charge is 2.39. The molecule has 6 nitrogen and oxygen atoms in total. The summed E-state index contributed by atoms with van der Waals surface area (Å²) < 4.78 is 1.67.